The topological polar surface area (TPSA) is 152 Å². The Kier molecular flexibility index (Phi) is 22.2. The van der Waals surface area contributed by atoms with Gasteiger partial charge in [-0.05, 0) is 12.8 Å². The van der Waals surface area contributed by atoms with Crippen molar-refractivity contribution in [1.29, 1.82) is 0 Å². The van der Waals surface area contributed by atoms with Gasteiger partial charge >= 0.3 is 11.9 Å². The van der Waals surface area contributed by atoms with Crippen molar-refractivity contribution in [2.24, 2.45) is 0 Å². The maximum absolute atomic E-state index is 12.3. The summed E-state index contributed by atoms with van der Waals surface area (Å²) in [6.07, 6.45) is 10.7. The molecule has 0 aliphatic carbocycles. The van der Waals surface area contributed by atoms with Crippen molar-refractivity contribution < 1.29 is 49.0 Å². The lowest BCUT2D eigenvalue weighted by Gasteiger charge is -2.39. The summed E-state index contributed by atoms with van der Waals surface area (Å²) >= 11 is 0. The molecule has 10 heteroatoms. The van der Waals surface area contributed by atoms with Gasteiger partial charge in [-0.1, -0.05) is 104 Å². The molecule has 41 heavy (non-hydrogen) atoms. The molecule has 242 valence electrons. The molecule has 0 unspecified atom stereocenters. The van der Waals surface area contributed by atoms with Crippen LogP contribution < -0.4 is 0 Å². The first-order chi connectivity index (χ1) is 19.8. The minimum atomic E-state index is -1.58. The smallest absolute Gasteiger partial charge is 0.306 e. The minimum Gasteiger partial charge on any atom is -0.462 e. The van der Waals surface area contributed by atoms with E-state index in [1.807, 2.05) is 6.92 Å². The Bertz CT molecular complexity index is 659. The molecule has 1 saturated heterocycles. The van der Waals surface area contributed by atoms with E-state index in [1.54, 1.807) is 0 Å². The van der Waals surface area contributed by atoms with Crippen LogP contribution in [0.3, 0.4) is 0 Å². The zero-order valence-electron chi connectivity index (χ0n) is 25.6. The first kappa shape index (κ1) is 37.7. The van der Waals surface area contributed by atoms with Gasteiger partial charge in [-0.15, -0.1) is 0 Å². The number of hydrogen-bond donors (Lipinski definition) is 4. The van der Waals surface area contributed by atoms with Gasteiger partial charge < -0.3 is 39.4 Å². The molecule has 0 aromatic rings. The molecule has 0 bridgehead atoms. The first-order valence-corrected chi connectivity index (χ1v) is 16.1. The second-order valence-electron chi connectivity index (χ2n) is 11.3. The molecule has 1 rings (SSSR count). The van der Waals surface area contributed by atoms with E-state index in [-0.39, 0.29) is 32.0 Å². The van der Waals surface area contributed by atoms with Crippen molar-refractivity contribution >= 4 is 11.9 Å². The van der Waals surface area contributed by atoms with Gasteiger partial charge in [-0.3, -0.25) is 9.59 Å². The third-order valence-corrected chi connectivity index (χ3v) is 7.49. The van der Waals surface area contributed by atoms with Crippen molar-refractivity contribution in [2.45, 2.75) is 166 Å². The molecule has 0 spiro atoms. The minimum absolute atomic E-state index is 0.214. The molecule has 10 nitrogen and oxygen atoms in total. The molecular weight excluding hydrogens is 532 g/mol. The van der Waals surface area contributed by atoms with Gasteiger partial charge in [0.2, 0.25) is 0 Å². The number of rotatable bonds is 25. The summed E-state index contributed by atoms with van der Waals surface area (Å²) in [7, 11) is 0. The fraction of sp³-hybridized carbons (Fsp3) is 0.935. The standard InChI is InChI=1S/C31H58O10/c1-3-5-7-8-9-10-11-12-13-14-15-16-18-19-26(33)38-22-24(40-27(34)20-17-6-4-2)23-39-31-30(37)29(36)28(35)25(21-32)41-31/h24-25,28-32,35-37H,3-23H2,1-2H3/t24-,25-,28+,29+,30-,31-/m1/s1. The fourth-order valence-electron chi connectivity index (χ4n) is 4.83. The maximum Gasteiger partial charge on any atom is 0.306 e. The van der Waals surface area contributed by atoms with E-state index in [0.29, 0.717) is 6.42 Å². The molecule has 1 aliphatic rings. The Balaban J connectivity index is 2.33. The van der Waals surface area contributed by atoms with Gasteiger partial charge in [0.15, 0.2) is 12.4 Å². The second kappa shape index (κ2) is 24.2. The van der Waals surface area contributed by atoms with E-state index in [0.717, 1.165) is 32.1 Å². The molecule has 0 aromatic heterocycles. The van der Waals surface area contributed by atoms with Crippen LogP contribution in [0.25, 0.3) is 0 Å². The Morgan fingerprint density at radius 3 is 1.71 bits per heavy atom. The van der Waals surface area contributed by atoms with Crippen LogP contribution in [0.2, 0.25) is 0 Å². The third-order valence-electron chi connectivity index (χ3n) is 7.49. The molecule has 0 radical (unpaired) electrons. The number of aliphatic hydroxyl groups excluding tert-OH is 4. The van der Waals surface area contributed by atoms with E-state index in [4.69, 9.17) is 18.9 Å². The molecule has 1 aliphatic heterocycles. The molecule has 4 N–H and O–H groups in total. The van der Waals surface area contributed by atoms with Crippen LogP contribution in [0.4, 0.5) is 0 Å². The number of ether oxygens (including phenoxy) is 4. The number of carbonyl (C=O) groups excluding carboxylic acids is 2. The number of hydrogen-bond acceptors (Lipinski definition) is 10. The van der Waals surface area contributed by atoms with Gasteiger partial charge in [-0.25, -0.2) is 0 Å². The lowest BCUT2D eigenvalue weighted by Crippen LogP contribution is -2.59. The normalized spacial score (nSPS) is 23.3. The quantitative estimate of drug-likeness (QED) is 0.0893. The van der Waals surface area contributed by atoms with Gasteiger partial charge in [0, 0.05) is 12.8 Å². The molecule has 0 amide bonds. The van der Waals surface area contributed by atoms with Crippen LogP contribution in [-0.2, 0) is 28.5 Å². The van der Waals surface area contributed by atoms with E-state index >= 15 is 0 Å². The van der Waals surface area contributed by atoms with Crippen molar-refractivity contribution in [3.8, 4) is 0 Å². The van der Waals surface area contributed by atoms with Crippen molar-refractivity contribution in [1.82, 2.24) is 0 Å². The van der Waals surface area contributed by atoms with Crippen molar-refractivity contribution in [2.75, 3.05) is 19.8 Å². The summed E-state index contributed by atoms with van der Waals surface area (Å²) in [4.78, 5) is 24.6. The Hall–Kier alpha value is -1.30. The summed E-state index contributed by atoms with van der Waals surface area (Å²) in [5.41, 5.74) is 0. The Morgan fingerprint density at radius 2 is 1.15 bits per heavy atom. The average Bonchev–Trinajstić information content (AvgIpc) is 2.96. The molecular formula is C31H58O10. The first-order valence-electron chi connectivity index (χ1n) is 16.1. The lowest BCUT2D eigenvalue weighted by molar-refractivity contribution is -0.305. The van der Waals surface area contributed by atoms with Gasteiger partial charge in [0.25, 0.3) is 0 Å². The predicted octanol–water partition coefficient (Wildman–Crippen LogP) is 4.32. The molecule has 6 atom stereocenters. The van der Waals surface area contributed by atoms with Gasteiger partial charge in [0.1, 0.15) is 31.0 Å². The summed E-state index contributed by atoms with van der Waals surface area (Å²) < 4.78 is 21.7. The van der Waals surface area contributed by atoms with E-state index in [1.165, 1.54) is 64.2 Å². The van der Waals surface area contributed by atoms with Crippen molar-refractivity contribution in [3.05, 3.63) is 0 Å². The fourth-order valence-corrected chi connectivity index (χ4v) is 4.83. The predicted molar refractivity (Wildman–Crippen MR) is 155 cm³/mol. The highest BCUT2D eigenvalue weighted by Crippen LogP contribution is 2.22. The third kappa shape index (κ3) is 17.4. The van der Waals surface area contributed by atoms with Crippen LogP contribution >= 0.6 is 0 Å². The number of aliphatic hydroxyl groups is 4. The van der Waals surface area contributed by atoms with Gasteiger partial charge in [0.05, 0.1) is 13.2 Å². The zero-order chi connectivity index (χ0) is 30.3. The van der Waals surface area contributed by atoms with E-state index in [9.17, 15) is 30.0 Å². The SMILES string of the molecule is CCCCCCCCCCCCCCCC(=O)OC[C@H](CO[C@@H]1O[C@H](CO)[C@H](O)[C@H](O)[C@H]1O)OC(=O)CCCCC. The highest BCUT2D eigenvalue weighted by molar-refractivity contribution is 5.70. The second-order valence-corrected chi connectivity index (χ2v) is 11.3. The van der Waals surface area contributed by atoms with Crippen LogP contribution in [0.5, 0.6) is 0 Å². The highest BCUT2D eigenvalue weighted by atomic mass is 16.7. The summed E-state index contributed by atoms with van der Waals surface area (Å²) in [6, 6.07) is 0. The molecule has 0 aromatic carbocycles. The average molecular weight is 591 g/mol. The molecule has 1 fully saturated rings. The Labute approximate surface area is 247 Å². The van der Waals surface area contributed by atoms with Crippen LogP contribution in [0.15, 0.2) is 0 Å². The summed E-state index contributed by atoms with van der Waals surface area (Å²) in [5.74, 6) is -0.832. The highest BCUT2D eigenvalue weighted by Gasteiger charge is 2.44. The summed E-state index contributed by atoms with van der Waals surface area (Å²) in [5, 5.41) is 39.5. The monoisotopic (exact) mass is 590 g/mol. The maximum atomic E-state index is 12.3. The van der Waals surface area contributed by atoms with Crippen LogP contribution in [-0.4, -0.2) is 89.0 Å². The molecule has 0 saturated carbocycles. The zero-order valence-corrected chi connectivity index (χ0v) is 25.6. The van der Waals surface area contributed by atoms with E-state index < -0.39 is 49.4 Å². The largest absolute Gasteiger partial charge is 0.462 e. The van der Waals surface area contributed by atoms with Crippen LogP contribution in [0.1, 0.15) is 129 Å². The molecule has 1 heterocycles. The Morgan fingerprint density at radius 1 is 0.659 bits per heavy atom. The summed E-state index contributed by atoms with van der Waals surface area (Å²) in [6.45, 7) is 3.20. The van der Waals surface area contributed by atoms with Crippen LogP contribution in [0, 0.1) is 0 Å². The van der Waals surface area contributed by atoms with E-state index in [2.05, 4.69) is 6.92 Å². The number of esters is 2. The lowest BCUT2D eigenvalue weighted by atomic mass is 9.99. The number of carbonyl (C=O) groups is 2. The van der Waals surface area contributed by atoms with Crippen molar-refractivity contribution in [3.63, 3.8) is 0 Å². The van der Waals surface area contributed by atoms with Gasteiger partial charge in [-0.2, -0.15) is 0 Å². The number of unbranched alkanes of at least 4 members (excludes halogenated alkanes) is 14.